The van der Waals surface area contributed by atoms with Crippen LogP contribution in [0.2, 0.25) is 5.02 Å². The predicted molar refractivity (Wildman–Crippen MR) is 119 cm³/mol. The molecule has 0 aromatic heterocycles. The zero-order chi connectivity index (χ0) is 22.5. The molecule has 1 aliphatic heterocycles. The van der Waals surface area contributed by atoms with Gasteiger partial charge in [-0.15, -0.1) is 0 Å². The van der Waals surface area contributed by atoms with Gasteiger partial charge in [0.2, 0.25) is 5.91 Å². The van der Waals surface area contributed by atoms with E-state index in [1.807, 2.05) is 38.1 Å². The molecule has 0 radical (unpaired) electrons. The predicted octanol–water partition coefficient (Wildman–Crippen LogP) is 4.62. The molecule has 1 aliphatic rings. The smallest absolute Gasteiger partial charge is 0.342 e. The number of benzene rings is 2. The van der Waals surface area contributed by atoms with E-state index in [0.29, 0.717) is 47.7 Å². The van der Waals surface area contributed by atoms with Crippen molar-refractivity contribution in [3.8, 4) is 11.5 Å². The highest BCUT2D eigenvalue weighted by Gasteiger charge is 2.31. The number of phenolic OH excluding ortho intramolecular Hbond substituents is 1. The molecular weight excluding hydrogens is 418 g/mol. The van der Waals surface area contributed by atoms with Crippen LogP contribution in [0.5, 0.6) is 11.5 Å². The third kappa shape index (κ3) is 5.02. The molecule has 0 saturated carbocycles. The number of nitrogens with one attached hydrogen (secondary N) is 1. The van der Waals surface area contributed by atoms with Crippen molar-refractivity contribution in [2.24, 2.45) is 0 Å². The molecule has 1 heterocycles. The maximum Gasteiger partial charge on any atom is 0.342 e. The Labute approximate surface area is 186 Å². The van der Waals surface area contributed by atoms with E-state index in [-0.39, 0.29) is 23.8 Å². The standard InChI is InChI=1S/C24H26ClNO5/c1-14(9-11-20(27)26-12-16-6-4-5-7-19(16)25)8-10-17-22(28)21-18(13-31-24(21)29)15(2)23(17)30-3/h4-8,28H,9-13H2,1-3H3,(H,26,27)/b14-8+. The number of aromatic hydroxyl groups is 1. The number of allylic oxidation sites excluding steroid dienone is 2. The highest BCUT2D eigenvalue weighted by Crippen LogP contribution is 2.42. The maximum absolute atomic E-state index is 12.2. The fourth-order valence-electron chi connectivity index (χ4n) is 3.64. The van der Waals surface area contributed by atoms with Crippen LogP contribution in [-0.4, -0.2) is 24.1 Å². The quantitative estimate of drug-likeness (QED) is 0.459. The lowest BCUT2D eigenvalue weighted by Gasteiger charge is -2.15. The lowest BCUT2D eigenvalue weighted by Crippen LogP contribution is -2.22. The molecule has 2 aromatic rings. The Hall–Kier alpha value is -2.99. The Morgan fingerprint density at radius 1 is 1.32 bits per heavy atom. The molecule has 2 aromatic carbocycles. The first-order chi connectivity index (χ1) is 14.8. The summed E-state index contributed by atoms with van der Waals surface area (Å²) in [5.74, 6) is -0.128. The zero-order valence-corrected chi connectivity index (χ0v) is 18.6. The van der Waals surface area contributed by atoms with Crippen molar-refractivity contribution in [2.45, 2.75) is 46.3 Å². The molecule has 2 N–H and O–H groups in total. The number of amides is 1. The molecule has 0 spiro atoms. The summed E-state index contributed by atoms with van der Waals surface area (Å²) in [6, 6.07) is 7.40. The number of fused-ring (bicyclic) bond motifs is 1. The van der Waals surface area contributed by atoms with Gasteiger partial charge in [0.25, 0.3) is 0 Å². The minimum atomic E-state index is -0.518. The summed E-state index contributed by atoms with van der Waals surface area (Å²) in [4.78, 5) is 24.2. The van der Waals surface area contributed by atoms with E-state index in [1.165, 1.54) is 7.11 Å². The lowest BCUT2D eigenvalue weighted by molar-refractivity contribution is -0.121. The van der Waals surface area contributed by atoms with Gasteiger partial charge in [0.15, 0.2) is 0 Å². The average molecular weight is 444 g/mol. The second-order valence-electron chi connectivity index (χ2n) is 7.54. The Bertz CT molecular complexity index is 1040. The summed E-state index contributed by atoms with van der Waals surface area (Å²) in [7, 11) is 1.54. The van der Waals surface area contributed by atoms with Crippen molar-refractivity contribution in [2.75, 3.05) is 7.11 Å². The topological polar surface area (TPSA) is 84.9 Å². The number of esters is 1. The summed E-state index contributed by atoms with van der Waals surface area (Å²) in [6.45, 7) is 4.31. The van der Waals surface area contributed by atoms with Crippen LogP contribution < -0.4 is 10.1 Å². The Balaban J connectivity index is 1.62. The van der Waals surface area contributed by atoms with Gasteiger partial charge in [0, 0.05) is 29.1 Å². The highest BCUT2D eigenvalue weighted by molar-refractivity contribution is 6.31. The summed E-state index contributed by atoms with van der Waals surface area (Å²) >= 11 is 6.11. The maximum atomic E-state index is 12.2. The summed E-state index contributed by atoms with van der Waals surface area (Å²) < 4.78 is 10.6. The minimum Gasteiger partial charge on any atom is -0.507 e. The van der Waals surface area contributed by atoms with Gasteiger partial charge in [0.05, 0.1) is 7.11 Å². The number of carbonyl (C=O) groups excluding carboxylic acids is 2. The first-order valence-corrected chi connectivity index (χ1v) is 10.4. The molecule has 0 bridgehead atoms. The Morgan fingerprint density at radius 2 is 2.06 bits per heavy atom. The van der Waals surface area contributed by atoms with Crippen molar-refractivity contribution in [1.29, 1.82) is 0 Å². The lowest BCUT2D eigenvalue weighted by atomic mass is 9.94. The fraction of sp³-hybridized carbons (Fsp3) is 0.333. The van der Waals surface area contributed by atoms with Crippen LogP contribution in [0, 0.1) is 6.92 Å². The van der Waals surface area contributed by atoms with Gasteiger partial charge in [-0.3, -0.25) is 4.79 Å². The minimum absolute atomic E-state index is 0.0655. The molecule has 164 valence electrons. The van der Waals surface area contributed by atoms with Gasteiger partial charge in [-0.05, 0) is 43.9 Å². The third-order valence-corrected chi connectivity index (χ3v) is 5.85. The van der Waals surface area contributed by atoms with Gasteiger partial charge < -0.3 is 19.9 Å². The molecule has 3 rings (SSSR count). The molecule has 6 nitrogen and oxygen atoms in total. The third-order valence-electron chi connectivity index (χ3n) is 5.48. The van der Waals surface area contributed by atoms with Gasteiger partial charge >= 0.3 is 5.97 Å². The fourth-order valence-corrected chi connectivity index (χ4v) is 3.84. The summed E-state index contributed by atoms with van der Waals surface area (Å²) in [5.41, 5.74) is 4.09. The normalized spacial score (nSPS) is 13.0. The van der Waals surface area contributed by atoms with E-state index in [0.717, 1.165) is 16.7 Å². The van der Waals surface area contributed by atoms with Gasteiger partial charge in [-0.1, -0.05) is 41.4 Å². The van der Waals surface area contributed by atoms with E-state index in [4.69, 9.17) is 21.1 Å². The molecule has 0 aliphatic carbocycles. The van der Waals surface area contributed by atoms with Crippen LogP contribution in [0.25, 0.3) is 0 Å². The van der Waals surface area contributed by atoms with Crippen molar-refractivity contribution >= 4 is 23.5 Å². The molecule has 1 amide bonds. The zero-order valence-electron chi connectivity index (χ0n) is 17.9. The van der Waals surface area contributed by atoms with Crippen molar-refractivity contribution in [1.82, 2.24) is 5.32 Å². The molecule has 0 saturated heterocycles. The number of hydrogen-bond acceptors (Lipinski definition) is 5. The van der Waals surface area contributed by atoms with Crippen LogP contribution in [-0.2, 0) is 29.1 Å². The second-order valence-corrected chi connectivity index (χ2v) is 7.95. The Morgan fingerprint density at radius 3 is 2.77 bits per heavy atom. The van der Waals surface area contributed by atoms with E-state index < -0.39 is 5.97 Å². The van der Waals surface area contributed by atoms with Crippen LogP contribution >= 0.6 is 11.6 Å². The number of hydrogen-bond donors (Lipinski definition) is 2. The van der Waals surface area contributed by atoms with Crippen molar-refractivity contribution in [3.05, 3.63) is 68.8 Å². The van der Waals surface area contributed by atoms with Crippen LogP contribution in [0.4, 0.5) is 0 Å². The first-order valence-electron chi connectivity index (χ1n) is 10.1. The number of carbonyl (C=O) groups is 2. The van der Waals surface area contributed by atoms with Crippen molar-refractivity contribution in [3.63, 3.8) is 0 Å². The number of phenols is 1. The second kappa shape index (κ2) is 9.88. The van der Waals surface area contributed by atoms with E-state index in [1.54, 1.807) is 6.07 Å². The SMILES string of the molecule is COc1c(C)c2c(c(O)c1C/C=C(\C)CCC(=O)NCc1ccccc1Cl)C(=O)OC2. The van der Waals surface area contributed by atoms with E-state index in [2.05, 4.69) is 5.32 Å². The van der Waals surface area contributed by atoms with E-state index >= 15 is 0 Å². The molecule has 7 heteroatoms. The summed E-state index contributed by atoms with van der Waals surface area (Å²) in [5, 5.41) is 14.2. The van der Waals surface area contributed by atoms with Gasteiger partial charge in [0.1, 0.15) is 23.7 Å². The molecule has 31 heavy (non-hydrogen) atoms. The number of methoxy groups -OCH3 is 1. The average Bonchev–Trinajstić information content (AvgIpc) is 3.15. The Kier molecular flexibility index (Phi) is 7.23. The highest BCUT2D eigenvalue weighted by atomic mass is 35.5. The van der Waals surface area contributed by atoms with Crippen LogP contribution in [0.15, 0.2) is 35.9 Å². The number of rotatable bonds is 8. The van der Waals surface area contributed by atoms with Crippen LogP contribution in [0.3, 0.4) is 0 Å². The monoisotopic (exact) mass is 443 g/mol. The van der Waals surface area contributed by atoms with Gasteiger partial charge in [-0.2, -0.15) is 0 Å². The number of cyclic esters (lactones) is 1. The largest absolute Gasteiger partial charge is 0.507 e. The molecule has 0 unspecified atom stereocenters. The van der Waals surface area contributed by atoms with Crippen molar-refractivity contribution < 1.29 is 24.2 Å². The molecule has 0 fully saturated rings. The van der Waals surface area contributed by atoms with Crippen LogP contribution in [0.1, 0.15) is 52.4 Å². The molecular formula is C24H26ClNO5. The first kappa shape index (κ1) is 22.7. The number of halogens is 1. The summed E-state index contributed by atoms with van der Waals surface area (Å²) in [6.07, 6.45) is 3.23. The molecule has 0 atom stereocenters. The van der Waals surface area contributed by atoms with E-state index in [9.17, 15) is 14.7 Å². The van der Waals surface area contributed by atoms with Gasteiger partial charge in [-0.25, -0.2) is 4.79 Å². The number of ether oxygens (including phenoxy) is 2.